The summed E-state index contributed by atoms with van der Waals surface area (Å²) in [7, 11) is 0. The Kier molecular flexibility index (Phi) is 5.39. The van der Waals surface area contributed by atoms with Gasteiger partial charge in [-0.3, -0.25) is 0 Å². The van der Waals surface area contributed by atoms with Crippen LogP contribution in [0.2, 0.25) is 0 Å². The molecule has 2 rings (SSSR count). The van der Waals surface area contributed by atoms with Crippen molar-refractivity contribution in [1.29, 1.82) is 0 Å². The minimum atomic E-state index is 0.0811. The minimum absolute atomic E-state index is 0.0811. The topological polar surface area (TPSA) is 29.5 Å². The van der Waals surface area contributed by atoms with Crippen LogP contribution in [-0.4, -0.2) is 5.11 Å². The summed E-state index contributed by atoms with van der Waals surface area (Å²) in [6.45, 7) is 0. The van der Waals surface area contributed by atoms with Crippen LogP contribution in [0.25, 0.3) is 0 Å². The zero-order valence-corrected chi connectivity index (χ0v) is 17.0. The average molecular weight is 581 g/mol. The molecule has 0 aromatic heterocycles. The molecule has 19 heavy (non-hydrogen) atoms. The second-order valence-corrected chi connectivity index (χ2v) is 7.72. The van der Waals surface area contributed by atoms with Crippen molar-refractivity contribution < 1.29 is 9.84 Å². The number of hydrogen-bond donors (Lipinski definition) is 1. The van der Waals surface area contributed by atoms with Crippen LogP contribution in [0, 0.1) is 0 Å². The first kappa shape index (κ1) is 15.8. The normalized spacial score (nSPS) is 10.6. The molecule has 0 amide bonds. The maximum atomic E-state index is 9.94. The molecule has 2 aromatic carbocycles. The smallest absolute Gasteiger partial charge is 0.148 e. The third kappa shape index (κ3) is 3.56. The Labute approximate surface area is 152 Å². The fraction of sp³-hybridized carbons (Fsp3) is 0. The van der Waals surface area contributed by atoms with Crippen molar-refractivity contribution >= 4 is 79.6 Å². The van der Waals surface area contributed by atoms with Crippen molar-refractivity contribution in [3.8, 4) is 17.2 Å². The van der Waals surface area contributed by atoms with Gasteiger partial charge in [0.15, 0.2) is 0 Å². The van der Waals surface area contributed by atoms with Gasteiger partial charge in [0.1, 0.15) is 21.7 Å². The Morgan fingerprint density at radius 3 is 2.11 bits per heavy atom. The van der Waals surface area contributed by atoms with Crippen LogP contribution in [0.1, 0.15) is 0 Å². The lowest BCUT2D eigenvalue weighted by Gasteiger charge is -2.12. The van der Waals surface area contributed by atoms with Crippen molar-refractivity contribution in [3.05, 3.63) is 46.6 Å². The number of benzene rings is 2. The lowest BCUT2D eigenvalue weighted by Crippen LogP contribution is -1.88. The van der Waals surface area contributed by atoms with E-state index in [1.54, 1.807) is 6.07 Å². The first-order chi connectivity index (χ1) is 8.90. The van der Waals surface area contributed by atoms with Crippen molar-refractivity contribution in [1.82, 2.24) is 0 Å². The van der Waals surface area contributed by atoms with Gasteiger partial charge in [0, 0.05) is 8.95 Å². The van der Waals surface area contributed by atoms with Crippen molar-refractivity contribution in [2.24, 2.45) is 0 Å². The van der Waals surface area contributed by atoms with E-state index in [-0.39, 0.29) is 5.75 Å². The van der Waals surface area contributed by atoms with Crippen LogP contribution in [0.3, 0.4) is 0 Å². The van der Waals surface area contributed by atoms with Gasteiger partial charge in [0.05, 0.1) is 8.95 Å². The lowest BCUT2D eigenvalue weighted by molar-refractivity contribution is 0.445. The lowest BCUT2D eigenvalue weighted by atomic mass is 10.3. The zero-order chi connectivity index (χ0) is 14.2. The third-order valence-electron chi connectivity index (χ3n) is 2.21. The molecule has 0 unspecified atom stereocenters. The average Bonchev–Trinajstić information content (AvgIpc) is 2.36. The van der Waals surface area contributed by atoms with E-state index in [9.17, 15) is 5.11 Å². The largest absolute Gasteiger partial charge is 0.505 e. The molecule has 0 saturated carbocycles. The SMILES string of the molecule is Oc1c(Br)c(Br)cc(Oc2ccc(Br)cc2Br)c1Br. The Bertz CT molecular complexity index is 643. The Morgan fingerprint density at radius 2 is 1.47 bits per heavy atom. The van der Waals surface area contributed by atoms with Gasteiger partial charge in [-0.2, -0.15) is 0 Å². The van der Waals surface area contributed by atoms with Crippen molar-refractivity contribution in [2.75, 3.05) is 0 Å². The summed E-state index contributed by atoms with van der Waals surface area (Å²) >= 11 is 16.7. The second-order valence-electron chi connectivity index (χ2n) is 3.51. The fourth-order valence-electron chi connectivity index (χ4n) is 1.32. The number of hydrogen-bond acceptors (Lipinski definition) is 2. The molecule has 0 bridgehead atoms. The van der Waals surface area contributed by atoms with Gasteiger partial charge >= 0.3 is 0 Å². The maximum Gasteiger partial charge on any atom is 0.148 e. The number of halogens is 5. The molecule has 0 spiro atoms. The van der Waals surface area contributed by atoms with Gasteiger partial charge in [0.2, 0.25) is 0 Å². The molecular weight excluding hydrogens is 576 g/mol. The summed E-state index contributed by atoms with van der Waals surface area (Å²) in [5.74, 6) is 1.24. The molecule has 0 fully saturated rings. The van der Waals surface area contributed by atoms with Gasteiger partial charge in [-0.1, -0.05) is 15.9 Å². The van der Waals surface area contributed by atoms with E-state index in [1.807, 2.05) is 18.2 Å². The molecule has 0 saturated heterocycles. The Hall–Kier alpha value is 0.440. The minimum Gasteiger partial charge on any atom is -0.505 e. The quantitative estimate of drug-likeness (QED) is 0.388. The van der Waals surface area contributed by atoms with Crippen LogP contribution in [-0.2, 0) is 0 Å². The van der Waals surface area contributed by atoms with Crippen LogP contribution < -0.4 is 4.74 Å². The predicted octanol–water partition coefficient (Wildman–Crippen LogP) is 7.00. The highest BCUT2D eigenvalue weighted by atomic mass is 79.9. The van der Waals surface area contributed by atoms with Gasteiger partial charge in [-0.15, -0.1) is 0 Å². The highest BCUT2D eigenvalue weighted by Gasteiger charge is 2.15. The summed E-state index contributed by atoms with van der Waals surface area (Å²) in [6, 6.07) is 7.36. The summed E-state index contributed by atoms with van der Waals surface area (Å²) in [6.07, 6.45) is 0. The molecule has 1 N–H and O–H groups in total. The van der Waals surface area contributed by atoms with Gasteiger partial charge in [-0.25, -0.2) is 0 Å². The molecule has 0 heterocycles. The summed E-state index contributed by atoms with van der Waals surface area (Å²) in [4.78, 5) is 0. The number of ether oxygens (including phenoxy) is 1. The number of rotatable bonds is 2. The van der Waals surface area contributed by atoms with E-state index in [0.717, 1.165) is 8.95 Å². The van der Waals surface area contributed by atoms with Crippen LogP contribution >= 0.6 is 79.6 Å². The molecule has 0 aliphatic carbocycles. The van der Waals surface area contributed by atoms with Crippen molar-refractivity contribution in [3.63, 3.8) is 0 Å². The Balaban J connectivity index is 2.44. The molecule has 0 aliphatic heterocycles. The number of aromatic hydroxyl groups is 1. The monoisotopic (exact) mass is 576 g/mol. The predicted molar refractivity (Wildman–Crippen MR) is 93.1 cm³/mol. The first-order valence-electron chi connectivity index (χ1n) is 4.89. The van der Waals surface area contributed by atoms with Gasteiger partial charge < -0.3 is 9.84 Å². The molecule has 0 atom stereocenters. The molecule has 100 valence electrons. The van der Waals surface area contributed by atoms with Crippen LogP contribution in [0.5, 0.6) is 17.2 Å². The zero-order valence-electron chi connectivity index (χ0n) is 9.05. The van der Waals surface area contributed by atoms with E-state index in [1.165, 1.54) is 0 Å². The summed E-state index contributed by atoms with van der Waals surface area (Å²) in [5, 5.41) is 9.94. The Morgan fingerprint density at radius 1 is 0.789 bits per heavy atom. The van der Waals surface area contributed by atoms with Crippen LogP contribution in [0.15, 0.2) is 46.6 Å². The molecular formula is C12H5Br5O2. The summed E-state index contributed by atoms with van der Waals surface area (Å²) in [5.41, 5.74) is 0. The van der Waals surface area contributed by atoms with E-state index in [4.69, 9.17) is 4.74 Å². The highest BCUT2D eigenvalue weighted by Crippen LogP contribution is 2.46. The van der Waals surface area contributed by atoms with E-state index >= 15 is 0 Å². The van der Waals surface area contributed by atoms with E-state index in [0.29, 0.717) is 24.9 Å². The second kappa shape index (κ2) is 6.47. The number of phenolic OH excluding ortho intramolecular Hbond substituents is 1. The standard InChI is InChI=1S/C12H5Br5O2/c13-5-1-2-8(6(14)3-5)19-9-4-7(15)10(16)12(18)11(9)17/h1-4,18H. The molecule has 2 nitrogen and oxygen atoms in total. The molecule has 0 radical (unpaired) electrons. The molecule has 7 heteroatoms. The molecule has 2 aromatic rings. The maximum absolute atomic E-state index is 9.94. The first-order valence-corrected chi connectivity index (χ1v) is 8.86. The third-order valence-corrected chi connectivity index (χ3v) is 6.05. The summed E-state index contributed by atoms with van der Waals surface area (Å²) < 4.78 is 9.31. The van der Waals surface area contributed by atoms with Gasteiger partial charge in [0.25, 0.3) is 0 Å². The highest BCUT2D eigenvalue weighted by molar-refractivity contribution is 9.13. The van der Waals surface area contributed by atoms with Crippen molar-refractivity contribution in [2.45, 2.75) is 0 Å². The fourth-order valence-corrected chi connectivity index (χ4v) is 3.81. The number of phenols is 1. The van der Waals surface area contributed by atoms with Crippen LogP contribution in [0.4, 0.5) is 0 Å². The van der Waals surface area contributed by atoms with E-state index < -0.39 is 0 Å². The molecule has 0 aliphatic rings. The van der Waals surface area contributed by atoms with E-state index in [2.05, 4.69) is 79.6 Å². The van der Waals surface area contributed by atoms with Gasteiger partial charge in [-0.05, 0) is 88.0 Å².